The van der Waals surface area contributed by atoms with Crippen molar-refractivity contribution < 1.29 is 13.2 Å². The van der Waals surface area contributed by atoms with Gasteiger partial charge in [0.15, 0.2) is 0 Å². The Labute approximate surface area is 192 Å². The number of halogens is 3. The fraction of sp³-hybridized carbons (Fsp3) is 0.280. The number of rotatable bonds is 5. The lowest BCUT2D eigenvalue weighted by molar-refractivity contribution is -0.137. The standard InChI is InChI=1S/C25H22F3N3OS/c26-25(27,28)18-8-4-7-17(11-18)13-29-19-9-10-20-21(12-19)33-23-22(20)24(32)31(15-30-23)14-16-5-2-1-3-6-16/h1-8,11,15,19,29H,9-10,12-14H2. The van der Waals surface area contributed by atoms with Crippen molar-refractivity contribution in [3.63, 3.8) is 0 Å². The molecule has 170 valence electrons. The smallest absolute Gasteiger partial charge is 0.310 e. The first-order chi connectivity index (χ1) is 15.9. The van der Waals surface area contributed by atoms with Crippen molar-refractivity contribution in [2.45, 2.75) is 44.6 Å². The highest BCUT2D eigenvalue weighted by molar-refractivity contribution is 7.18. The molecule has 5 rings (SSSR count). The second-order valence-corrected chi connectivity index (χ2v) is 9.45. The van der Waals surface area contributed by atoms with Crippen LogP contribution in [0.25, 0.3) is 10.2 Å². The van der Waals surface area contributed by atoms with E-state index in [2.05, 4.69) is 10.3 Å². The maximum Gasteiger partial charge on any atom is 0.416 e. The minimum absolute atomic E-state index is 0.0169. The van der Waals surface area contributed by atoms with E-state index in [-0.39, 0.29) is 11.6 Å². The molecule has 1 aliphatic rings. The van der Waals surface area contributed by atoms with Gasteiger partial charge in [-0.2, -0.15) is 13.2 Å². The van der Waals surface area contributed by atoms with Crippen LogP contribution < -0.4 is 10.9 Å². The highest BCUT2D eigenvalue weighted by Crippen LogP contribution is 2.34. The van der Waals surface area contributed by atoms with Crippen molar-refractivity contribution in [1.82, 2.24) is 14.9 Å². The Bertz CT molecular complexity index is 1340. The van der Waals surface area contributed by atoms with E-state index in [0.29, 0.717) is 24.0 Å². The number of fused-ring (bicyclic) bond motifs is 3. The van der Waals surface area contributed by atoms with Gasteiger partial charge >= 0.3 is 6.18 Å². The SMILES string of the molecule is O=c1c2c3c(sc2ncn1Cc1ccccc1)CC(NCc1cccc(C(F)(F)F)c1)CC3. The van der Waals surface area contributed by atoms with E-state index in [1.54, 1.807) is 28.3 Å². The van der Waals surface area contributed by atoms with Crippen LogP contribution in [0.2, 0.25) is 0 Å². The van der Waals surface area contributed by atoms with E-state index in [1.807, 2.05) is 30.3 Å². The Balaban J connectivity index is 1.33. The van der Waals surface area contributed by atoms with Gasteiger partial charge in [-0.15, -0.1) is 11.3 Å². The highest BCUT2D eigenvalue weighted by atomic mass is 32.1. The maximum atomic E-state index is 13.2. The average molecular weight is 470 g/mol. The number of alkyl halides is 3. The van der Waals surface area contributed by atoms with Crippen LogP contribution in [0.3, 0.4) is 0 Å². The quantitative estimate of drug-likeness (QED) is 0.439. The third kappa shape index (κ3) is 4.58. The number of hydrogen-bond acceptors (Lipinski definition) is 4. The largest absolute Gasteiger partial charge is 0.416 e. The first-order valence-corrected chi connectivity index (χ1v) is 11.6. The van der Waals surface area contributed by atoms with Gasteiger partial charge in [0, 0.05) is 17.5 Å². The summed E-state index contributed by atoms with van der Waals surface area (Å²) in [7, 11) is 0. The van der Waals surface area contributed by atoms with Crippen molar-refractivity contribution in [2.75, 3.05) is 0 Å². The number of nitrogens with zero attached hydrogens (tertiary/aromatic N) is 2. The van der Waals surface area contributed by atoms with Gasteiger partial charge in [0.2, 0.25) is 0 Å². The molecule has 0 spiro atoms. The van der Waals surface area contributed by atoms with Gasteiger partial charge in [0.25, 0.3) is 5.56 Å². The van der Waals surface area contributed by atoms with Crippen LogP contribution in [0.1, 0.15) is 33.6 Å². The predicted octanol–water partition coefficient (Wildman–Crippen LogP) is 5.17. The summed E-state index contributed by atoms with van der Waals surface area (Å²) in [5.74, 6) is 0. The fourth-order valence-electron chi connectivity index (χ4n) is 4.39. The third-order valence-electron chi connectivity index (χ3n) is 6.08. The zero-order valence-electron chi connectivity index (χ0n) is 17.7. The summed E-state index contributed by atoms with van der Waals surface area (Å²) in [6.07, 6.45) is -0.406. The van der Waals surface area contributed by atoms with Crippen LogP contribution in [0.15, 0.2) is 65.7 Å². The molecule has 2 heterocycles. The zero-order chi connectivity index (χ0) is 23.0. The van der Waals surface area contributed by atoms with Gasteiger partial charge in [-0.05, 0) is 42.0 Å². The Kier molecular flexibility index (Phi) is 5.80. The van der Waals surface area contributed by atoms with Gasteiger partial charge < -0.3 is 5.32 Å². The van der Waals surface area contributed by atoms with Crippen molar-refractivity contribution in [3.8, 4) is 0 Å². The van der Waals surface area contributed by atoms with Gasteiger partial charge in [-0.3, -0.25) is 9.36 Å². The monoisotopic (exact) mass is 469 g/mol. The fourth-order valence-corrected chi connectivity index (χ4v) is 5.65. The van der Waals surface area contributed by atoms with Crippen LogP contribution in [0.5, 0.6) is 0 Å². The van der Waals surface area contributed by atoms with Crippen molar-refractivity contribution >= 4 is 21.6 Å². The number of benzene rings is 2. The minimum atomic E-state index is -4.34. The Morgan fingerprint density at radius 2 is 1.88 bits per heavy atom. The van der Waals surface area contributed by atoms with Crippen molar-refractivity contribution in [3.05, 3.63) is 98.4 Å². The first-order valence-electron chi connectivity index (χ1n) is 10.8. The molecule has 1 unspecified atom stereocenters. The van der Waals surface area contributed by atoms with Gasteiger partial charge in [0.05, 0.1) is 23.8 Å². The van der Waals surface area contributed by atoms with E-state index in [0.717, 1.165) is 46.2 Å². The molecular formula is C25H22F3N3OS. The lowest BCUT2D eigenvalue weighted by Gasteiger charge is -2.23. The van der Waals surface area contributed by atoms with Gasteiger partial charge in [0.1, 0.15) is 4.83 Å². The molecule has 0 saturated heterocycles. The van der Waals surface area contributed by atoms with Crippen molar-refractivity contribution in [2.24, 2.45) is 0 Å². The Morgan fingerprint density at radius 1 is 1.09 bits per heavy atom. The molecular weight excluding hydrogens is 447 g/mol. The van der Waals surface area contributed by atoms with Crippen LogP contribution in [-0.4, -0.2) is 15.6 Å². The molecule has 4 nitrogen and oxygen atoms in total. The second-order valence-electron chi connectivity index (χ2n) is 8.37. The molecule has 4 aromatic rings. The lowest BCUT2D eigenvalue weighted by Crippen LogP contribution is -2.34. The third-order valence-corrected chi connectivity index (χ3v) is 7.24. The van der Waals surface area contributed by atoms with E-state index >= 15 is 0 Å². The van der Waals surface area contributed by atoms with E-state index < -0.39 is 11.7 Å². The van der Waals surface area contributed by atoms with E-state index in [9.17, 15) is 18.0 Å². The number of aromatic nitrogens is 2. The van der Waals surface area contributed by atoms with Crippen LogP contribution in [-0.2, 0) is 32.1 Å². The number of nitrogens with one attached hydrogen (secondary N) is 1. The molecule has 0 bridgehead atoms. The summed E-state index contributed by atoms with van der Waals surface area (Å²) < 4.78 is 40.5. The van der Waals surface area contributed by atoms with Crippen LogP contribution in [0, 0.1) is 0 Å². The maximum absolute atomic E-state index is 13.2. The molecule has 33 heavy (non-hydrogen) atoms. The molecule has 8 heteroatoms. The van der Waals surface area contributed by atoms with Crippen LogP contribution in [0.4, 0.5) is 13.2 Å². The predicted molar refractivity (Wildman–Crippen MR) is 124 cm³/mol. The summed E-state index contributed by atoms with van der Waals surface area (Å²) in [6, 6.07) is 15.4. The topological polar surface area (TPSA) is 46.9 Å². The number of hydrogen-bond donors (Lipinski definition) is 1. The summed E-state index contributed by atoms with van der Waals surface area (Å²) in [5.41, 5.74) is 2.08. The number of aryl methyl sites for hydroxylation is 1. The minimum Gasteiger partial charge on any atom is -0.310 e. The average Bonchev–Trinajstić information content (AvgIpc) is 3.18. The molecule has 0 radical (unpaired) electrons. The molecule has 0 fully saturated rings. The molecule has 2 aromatic heterocycles. The van der Waals surface area contributed by atoms with Crippen LogP contribution >= 0.6 is 11.3 Å². The normalized spacial score (nSPS) is 16.2. The number of thiophene rings is 1. The second kappa shape index (κ2) is 8.76. The molecule has 1 aliphatic carbocycles. The van der Waals surface area contributed by atoms with Gasteiger partial charge in [-0.1, -0.05) is 48.5 Å². The summed E-state index contributed by atoms with van der Waals surface area (Å²) in [5, 5.41) is 4.11. The summed E-state index contributed by atoms with van der Waals surface area (Å²) >= 11 is 1.55. The highest BCUT2D eigenvalue weighted by Gasteiger charge is 2.30. The first kappa shape index (κ1) is 21.9. The molecule has 0 aliphatic heterocycles. The van der Waals surface area contributed by atoms with Gasteiger partial charge in [-0.25, -0.2) is 4.98 Å². The Hall–Kier alpha value is -2.97. The molecule has 1 atom stereocenters. The lowest BCUT2D eigenvalue weighted by atomic mass is 9.93. The van der Waals surface area contributed by atoms with Crippen molar-refractivity contribution in [1.29, 1.82) is 0 Å². The van der Waals surface area contributed by atoms with E-state index in [1.165, 1.54) is 12.1 Å². The summed E-state index contributed by atoms with van der Waals surface area (Å²) in [6.45, 7) is 0.853. The van der Waals surface area contributed by atoms with E-state index in [4.69, 9.17) is 0 Å². The summed E-state index contributed by atoms with van der Waals surface area (Å²) in [4.78, 5) is 19.6. The zero-order valence-corrected chi connectivity index (χ0v) is 18.5. The molecule has 0 saturated carbocycles. The molecule has 1 N–H and O–H groups in total. The molecule has 2 aromatic carbocycles. The molecule has 0 amide bonds. The Morgan fingerprint density at radius 3 is 2.67 bits per heavy atom.